The van der Waals surface area contributed by atoms with Crippen molar-refractivity contribution in [3.8, 4) is 5.69 Å². The van der Waals surface area contributed by atoms with Crippen molar-refractivity contribution in [2.45, 2.75) is 6.54 Å². The molecule has 0 fully saturated rings. The molecule has 0 aliphatic rings. The normalized spacial score (nSPS) is 10.3. The summed E-state index contributed by atoms with van der Waals surface area (Å²) in [6.45, 7) is 0.660. The molecule has 1 aromatic heterocycles. The second-order valence-electron chi connectivity index (χ2n) is 3.62. The standard InChI is InChI=1S/C11H14N6O/c1-12-11(18)8-13-7-10-14-15-16-17(10)9-5-3-2-4-6-9/h2-6,13H,7-8H2,1H3,(H,12,18). The van der Waals surface area contributed by atoms with Gasteiger partial charge in [0.15, 0.2) is 5.82 Å². The van der Waals surface area contributed by atoms with Crippen molar-refractivity contribution < 1.29 is 4.79 Å². The highest BCUT2D eigenvalue weighted by Gasteiger charge is 2.07. The number of hydrogen-bond donors (Lipinski definition) is 2. The molecule has 1 aromatic carbocycles. The van der Waals surface area contributed by atoms with Gasteiger partial charge < -0.3 is 10.6 Å². The fourth-order valence-corrected chi connectivity index (χ4v) is 1.46. The number of carbonyl (C=O) groups excluding carboxylic acids is 1. The van der Waals surface area contributed by atoms with Crippen LogP contribution in [0.4, 0.5) is 0 Å². The van der Waals surface area contributed by atoms with Crippen molar-refractivity contribution in [1.82, 2.24) is 30.8 Å². The number of rotatable bonds is 5. The van der Waals surface area contributed by atoms with Crippen LogP contribution in [0.1, 0.15) is 5.82 Å². The largest absolute Gasteiger partial charge is 0.358 e. The number of tetrazole rings is 1. The molecule has 0 radical (unpaired) electrons. The maximum Gasteiger partial charge on any atom is 0.233 e. The van der Waals surface area contributed by atoms with E-state index >= 15 is 0 Å². The molecule has 2 rings (SSSR count). The van der Waals surface area contributed by atoms with Crippen LogP contribution in [0.3, 0.4) is 0 Å². The molecule has 1 heterocycles. The molecule has 1 amide bonds. The van der Waals surface area contributed by atoms with E-state index in [9.17, 15) is 4.79 Å². The second kappa shape index (κ2) is 5.87. The molecule has 0 aliphatic carbocycles. The van der Waals surface area contributed by atoms with Crippen LogP contribution >= 0.6 is 0 Å². The van der Waals surface area contributed by atoms with Gasteiger partial charge in [0, 0.05) is 7.05 Å². The Kier molecular flexibility index (Phi) is 3.98. The van der Waals surface area contributed by atoms with Crippen LogP contribution in [0.15, 0.2) is 30.3 Å². The molecule has 0 unspecified atom stereocenters. The Balaban J connectivity index is 2.03. The Morgan fingerprint density at radius 3 is 2.83 bits per heavy atom. The van der Waals surface area contributed by atoms with Crippen LogP contribution in [-0.4, -0.2) is 39.7 Å². The first-order chi connectivity index (χ1) is 8.81. The van der Waals surface area contributed by atoms with Gasteiger partial charge in [0.25, 0.3) is 0 Å². The summed E-state index contributed by atoms with van der Waals surface area (Å²) in [6.07, 6.45) is 0. The van der Waals surface area contributed by atoms with Gasteiger partial charge in [-0.1, -0.05) is 18.2 Å². The predicted octanol–water partition coefficient (Wildman–Crippen LogP) is -0.502. The van der Waals surface area contributed by atoms with Crippen molar-refractivity contribution in [3.05, 3.63) is 36.2 Å². The van der Waals surface area contributed by atoms with Crippen LogP contribution in [-0.2, 0) is 11.3 Å². The summed E-state index contributed by atoms with van der Waals surface area (Å²) in [5.41, 5.74) is 0.888. The molecule has 2 N–H and O–H groups in total. The first kappa shape index (κ1) is 12.2. The van der Waals surface area contributed by atoms with Gasteiger partial charge in [0.05, 0.1) is 18.8 Å². The molecule has 7 heteroatoms. The smallest absolute Gasteiger partial charge is 0.233 e. The quantitative estimate of drug-likeness (QED) is 0.743. The number of para-hydroxylation sites is 1. The van der Waals surface area contributed by atoms with Gasteiger partial charge in [-0.2, -0.15) is 4.68 Å². The number of hydrogen-bond acceptors (Lipinski definition) is 5. The molecular formula is C11H14N6O. The summed E-state index contributed by atoms with van der Waals surface area (Å²) in [5.74, 6) is 0.582. The number of likely N-dealkylation sites (N-methyl/N-ethyl adjacent to an activating group) is 1. The Morgan fingerprint density at radius 2 is 2.11 bits per heavy atom. The van der Waals surface area contributed by atoms with E-state index in [4.69, 9.17) is 0 Å². The van der Waals surface area contributed by atoms with Gasteiger partial charge in [-0.25, -0.2) is 0 Å². The van der Waals surface area contributed by atoms with Crippen molar-refractivity contribution in [2.75, 3.05) is 13.6 Å². The zero-order valence-corrected chi connectivity index (χ0v) is 10.00. The van der Waals surface area contributed by atoms with E-state index < -0.39 is 0 Å². The van der Waals surface area contributed by atoms with Crippen molar-refractivity contribution >= 4 is 5.91 Å². The summed E-state index contributed by atoms with van der Waals surface area (Å²) in [6, 6.07) is 9.59. The molecular weight excluding hydrogens is 232 g/mol. The van der Waals surface area contributed by atoms with Gasteiger partial charge in [-0.3, -0.25) is 4.79 Å². The third-order valence-electron chi connectivity index (χ3n) is 2.38. The summed E-state index contributed by atoms with van der Waals surface area (Å²) in [5, 5.41) is 17.0. The number of benzene rings is 1. The van der Waals surface area contributed by atoms with Gasteiger partial charge in [0.2, 0.25) is 5.91 Å². The Bertz CT molecular complexity index is 509. The molecule has 0 spiro atoms. The molecule has 7 nitrogen and oxygen atoms in total. The average molecular weight is 246 g/mol. The van der Waals surface area contributed by atoms with E-state index in [0.29, 0.717) is 12.4 Å². The summed E-state index contributed by atoms with van der Waals surface area (Å²) in [7, 11) is 1.60. The SMILES string of the molecule is CNC(=O)CNCc1nnnn1-c1ccccc1. The lowest BCUT2D eigenvalue weighted by molar-refractivity contribution is -0.119. The summed E-state index contributed by atoms with van der Waals surface area (Å²) in [4.78, 5) is 11.1. The zero-order valence-electron chi connectivity index (χ0n) is 10.00. The highest BCUT2D eigenvalue weighted by atomic mass is 16.1. The van der Waals surface area contributed by atoms with E-state index in [1.54, 1.807) is 11.7 Å². The molecule has 94 valence electrons. The van der Waals surface area contributed by atoms with Gasteiger partial charge in [0.1, 0.15) is 0 Å². The third-order valence-corrected chi connectivity index (χ3v) is 2.38. The highest BCUT2D eigenvalue weighted by Crippen LogP contribution is 2.06. The minimum absolute atomic E-state index is 0.0752. The average Bonchev–Trinajstić information content (AvgIpc) is 2.88. The molecule has 0 bridgehead atoms. The minimum atomic E-state index is -0.0752. The first-order valence-corrected chi connectivity index (χ1v) is 5.55. The number of carbonyl (C=O) groups is 1. The van der Waals surface area contributed by atoms with Gasteiger partial charge >= 0.3 is 0 Å². The van der Waals surface area contributed by atoms with Crippen molar-refractivity contribution in [3.63, 3.8) is 0 Å². The van der Waals surface area contributed by atoms with Crippen LogP contribution in [0.25, 0.3) is 5.69 Å². The fraction of sp³-hybridized carbons (Fsp3) is 0.273. The molecule has 2 aromatic rings. The van der Waals surface area contributed by atoms with Gasteiger partial charge in [-0.15, -0.1) is 5.10 Å². The van der Waals surface area contributed by atoms with E-state index in [1.807, 2.05) is 30.3 Å². The lowest BCUT2D eigenvalue weighted by atomic mass is 10.3. The minimum Gasteiger partial charge on any atom is -0.358 e. The Labute approximate surface area is 104 Å². The van der Waals surface area contributed by atoms with Crippen LogP contribution < -0.4 is 10.6 Å². The third kappa shape index (κ3) is 2.89. The summed E-state index contributed by atoms with van der Waals surface area (Å²) >= 11 is 0. The van der Waals surface area contributed by atoms with E-state index in [0.717, 1.165) is 5.69 Å². The summed E-state index contributed by atoms with van der Waals surface area (Å²) < 4.78 is 1.64. The van der Waals surface area contributed by atoms with Crippen LogP contribution in [0.2, 0.25) is 0 Å². The Hall–Kier alpha value is -2.28. The Morgan fingerprint density at radius 1 is 1.33 bits per heavy atom. The van der Waals surface area contributed by atoms with Crippen molar-refractivity contribution in [1.29, 1.82) is 0 Å². The predicted molar refractivity (Wildman–Crippen MR) is 64.9 cm³/mol. The maximum atomic E-state index is 11.1. The van der Waals surface area contributed by atoms with E-state index in [-0.39, 0.29) is 12.5 Å². The number of nitrogens with zero attached hydrogens (tertiary/aromatic N) is 4. The molecule has 0 atom stereocenters. The molecule has 18 heavy (non-hydrogen) atoms. The maximum absolute atomic E-state index is 11.1. The van der Waals surface area contributed by atoms with E-state index in [2.05, 4.69) is 26.2 Å². The topological polar surface area (TPSA) is 84.7 Å². The lowest BCUT2D eigenvalue weighted by Crippen LogP contribution is -2.31. The van der Waals surface area contributed by atoms with Crippen molar-refractivity contribution in [2.24, 2.45) is 0 Å². The number of nitrogens with one attached hydrogen (secondary N) is 2. The van der Waals surface area contributed by atoms with Crippen LogP contribution in [0, 0.1) is 0 Å². The zero-order chi connectivity index (χ0) is 12.8. The fourth-order valence-electron chi connectivity index (χ4n) is 1.46. The number of amides is 1. The highest BCUT2D eigenvalue weighted by molar-refractivity contribution is 5.77. The molecule has 0 aliphatic heterocycles. The monoisotopic (exact) mass is 246 g/mol. The number of aromatic nitrogens is 4. The second-order valence-corrected chi connectivity index (χ2v) is 3.62. The van der Waals surface area contributed by atoms with Crippen LogP contribution in [0.5, 0.6) is 0 Å². The first-order valence-electron chi connectivity index (χ1n) is 5.55. The van der Waals surface area contributed by atoms with Gasteiger partial charge in [-0.05, 0) is 22.6 Å². The van der Waals surface area contributed by atoms with E-state index in [1.165, 1.54) is 0 Å². The molecule has 0 saturated carbocycles. The molecule has 0 saturated heterocycles. The lowest BCUT2D eigenvalue weighted by Gasteiger charge is -2.05.